The maximum atomic E-state index is 12.2. The lowest BCUT2D eigenvalue weighted by molar-refractivity contribution is -0.116. The molecule has 0 saturated heterocycles. The quantitative estimate of drug-likeness (QED) is 0.809. The number of aryl methyl sites for hydroxylation is 1. The lowest BCUT2D eigenvalue weighted by Crippen LogP contribution is -2.14. The molecule has 0 atom stereocenters. The van der Waals surface area contributed by atoms with Gasteiger partial charge in [-0.15, -0.1) is 0 Å². The van der Waals surface area contributed by atoms with Gasteiger partial charge in [0.2, 0.25) is 5.91 Å². The largest absolute Gasteiger partial charge is 0.360 e. The van der Waals surface area contributed by atoms with E-state index >= 15 is 0 Å². The molecular formula is C15H19N3O4S. The smallest absolute Gasteiger partial charge is 0.263 e. The van der Waals surface area contributed by atoms with Crippen LogP contribution in [0.5, 0.6) is 0 Å². The molecule has 0 unspecified atom stereocenters. The number of anilines is 2. The third-order valence-electron chi connectivity index (χ3n) is 3.07. The van der Waals surface area contributed by atoms with Crippen molar-refractivity contribution in [3.63, 3.8) is 0 Å². The van der Waals surface area contributed by atoms with Crippen LogP contribution in [0.2, 0.25) is 0 Å². The molecule has 7 nitrogen and oxygen atoms in total. The highest BCUT2D eigenvalue weighted by Gasteiger charge is 2.16. The van der Waals surface area contributed by atoms with Gasteiger partial charge in [-0.2, -0.15) is 0 Å². The molecule has 1 heterocycles. The monoisotopic (exact) mass is 337 g/mol. The number of aromatic nitrogens is 1. The Morgan fingerprint density at radius 3 is 2.52 bits per heavy atom. The van der Waals surface area contributed by atoms with Crippen LogP contribution >= 0.6 is 0 Å². The van der Waals surface area contributed by atoms with Gasteiger partial charge < -0.3 is 9.84 Å². The molecule has 1 aromatic carbocycles. The van der Waals surface area contributed by atoms with Gasteiger partial charge in [0.1, 0.15) is 5.76 Å². The van der Waals surface area contributed by atoms with E-state index in [0.717, 1.165) is 12.8 Å². The highest BCUT2D eigenvalue weighted by Crippen LogP contribution is 2.18. The van der Waals surface area contributed by atoms with Crippen molar-refractivity contribution in [1.29, 1.82) is 0 Å². The summed E-state index contributed by atoms with van der Waals surface area (Å²) in [5.74, 6) is 0.547. The zero-order chi connectivity index (χ0) is 16.9. The van der Waals surface area contributed by atoms with Crippen molar-refractivity contribution < 1.29 is 17.7 Å². The van der Waals surface area contributed by atoms with Gasteiger partial charge >= 0.3 is 0 Å². The molecule has 1 amide bonds. The van der Waals surface area contributed by atoms with Gasteiger partial charge in [0.05, 0.1) is 4.90 Å². The second kappa shape index (κ2) is 7.28. The van der Waals surface area contributed by atoms with E-state index < -0.39 is 10.0 Å². The predicted octanol–water partition coefficient (Wildman–Crippen LogP) is 2.91. The third kappa shape index (κ3) is 4.82. The highest BCUT2D eigenvalue weighted by molar-refractivity contribution is 7.92. The molecule has 2 rings (SSSR count). The number of hydrogen-bond acceptors (Lipinski definition) is 5. The lowest BCUT2D eigenvalue weighted by Gasteiger charge is -2.07. The summed E-state index contributed by atoms with van der Waals surface area (Å²) in [5, 5.41) is 6.32. The second-order valence-corrected chi connectivity index (χ2v) is 6.79. The van der Waals surface area contributed by atoms with Gasteiger partial charge in [-0.05, 0) is 37.6 Å². The Morgan fingerprint density at radius 2 is 1.96 bits per heavy atom. The molecule has 23 heavy (non-hydrogen) atoms. The van der Waals surface area contributed by atoms with Crippen LogP contribution in [0.1, 0.15) is 31.9 Å². The van der Waals surface area contributed by atoms with E-state index in [0.29, 0.717) is 17.9 Å². The maximum absolute atomic E-state index is 12.2. The maximum Gasteiger partial charge on any atom is 0.263 e. The molecule has 0 bridgehead atoms. The van der Waals surface area contributed by atoms with Crippen LogP contribution in [0.3, 0.4) is 0 Å². The molecule has 0 spiro atoms. The van der Waals surface area contributed by atoms with E-state index in [4.69, 9.17) is 4.52 Å². The van der Waals surface area contributed by atoms with Gasteiger partial charge in [0, 0.05) is 18.2 Å². The summed E-state index contributed by atoms with van der Waals surface area (Å²) in [7, 11) is -3.74. The van der Waals surface area contributed by atoms with Crippen LogP contribution in [-0.4, -0.2) is 19.5 Å². The number of benzene rings is 1. The van der Waals surface area contributed by atoms with E-state index in [1.165, 1.54) is 18.2 Å². The van der Waals surface area contributed by atoms with E-state index in [9.17, 15) is 13.2 Å². The van der Waals surface area contributed by atoms with Crippen LogP contribution < -0.4 is 10.0 Å². The summed E-state index contributed by atoms with van der Waals surface area (Å²) in [5.41, 5.74) is 0.558. The summed E-state index contributed by atoms with van der Waals surface area (Å²) in [6.07, 6.45) is 2.21. The van der Waals surface area contributed by atoms with Crippen LogP contribution in [0.15, 0.2) is 39.8 Å². The fraction of sp³-hybridized carbons (Fsp3) is 0.333. The zero-order valence-electron chi connectivity index (χ0n) is 13.0. The molecular weight excluding hydrogens is 318 g/mol. The fourth-order valence-corrected chi connectivity index (χ4v) is 2.87. The minimum absolute atomic E-state index is 0.0738. The fourth-order valence-electron chi connectivity index (χ4n) is 1.89. The van der Waals surface area contributed by atoms with Gasteiger partial charge in [0.15, 0.2) is 5.82 Å². The van der Waals surface area contributed by atoms with Crippen LogP contribution in [0.4, 0.5) is 11.5 Å². The number of rotatable bonds is 7. The van der Waals surface area contributed by atoms with Crippen molar-refractivity contribution in [1.82, 2.24) is 5.16 Å². The van der Waals surface area contributed by atoms with Gasteiger partial charge in [-0.25, -0.2) is 8.42 Å². The highest BCUT2D eigenvalue weighted by atomic mass is 32.2. The molecule has 1 aromatic heterocycles. The van der Waals surface area contributed by atoms with Gasteiger partial charge in [0.25, 0.3) is 10.0 Å². The molecule has 8 heteroatoms. The number of sulfonamides is 1. The molecule has 124 valence electrons. The average molecular weight is 337 g/mol. The van der Waals surface area contributed by atoms with Crippen molar-refractivity contribution in [2.45, 2.75) is 38.0 Å². The topological polar surface area (TPSA) is 101 Å². The van der Waals surface area contributed by atoms with Crippen molar-refractivity contribution in [2.24, 2.45) is 0 Å². The lowest BCUT2D eigenvalue weighted by atomic mass is 10.2. The van der Waals surface area contributed by atoms with Gasteiger partial charge in [-0.1, -0.05) is 18.5 Å². The van der Waals surface area contributed by atoms with Crippen molar-refractivity contribution in [2.75, 3.05) is 10.0 Å². The summed E-state index contributed by atoms with van der Waals surface area (Å²) in [4.78, 5) is 11.7. The Balaban J connectivity index is 2.04. The van der Waals surface area contributed by atoms with Gasteiger partial charge in [-0.3, -0.25) is 9.52 Å². The van der Waals surface area contributed by atoms with E-state index in [1.807, 2.05) is 6.92 Å². The van der Waals surface area contributed by atoms with Crippen molar-refractivity contribution >= 4 is 27.4 Å². The number of nitrogens with zero attached hydrogens (tertiary/aromatic N) is 1. The van der Waals surface area contributed by atoms with E-state index in [2.05, 4.69) is 15.2 Å². The minimum atomic E-state index is -3.74. The predicted molar refractivity (Wildman–Crippen MR) is 86.6 cm³/mol. The molecule has 0 aliphatic rings. The normalized spacial score (nSPS) is 11.2. The first-order chi connectivity index (χ1) is 10.9. The summed E-state index contributed by atoms with van der Waals surface area (Å²) < 4.78 is 31.6. The van der Waals surface area contributed by atoms with Crippen LogP contribution in [-0.2, 0) is 14.8 Å². The van der Waals surface area contributed by atoms with Crippen LogP contribution in [0, 0.1) is 6.92 Å². The number of nitrogens with one attached hydrogen (secondary N) is 2. The number of amides is 1. The Labute approximate surface area is 135 Å². The SMILES string of the molecule is CCCCC(=O)Nc1ccc(S(=O)(=O)Nc2cc(C)on2)cc1. The molecule has 0 radical (unpaired) electrons. The Morgan fingerprint density at radius 1 is 1.26 bits per heavy atom. The Hall–Kier alpha value is -2.35. The first-order valence-corrected chi connectivity index (χ1v) is 8.75. The molecule has 2 aromatic rings. The molecule has 0 aliphatic carbocycles. The summed E-state index contributed by atoms with van der Waals surface area (Å²) in [6.45, 7) is 3.68. The third-order valence-corrected chi connectivity index (χ3v) is 4.44. The molecule has 0 fully saturated rings. The number of carbonyl (C=O) groups is 1. The van der Waals surface area contributed by atoms with E-state index in [-0.39, 0.29) is 16.6 Å². The summed E-state index contributed by atoms with van der Waals surface area (Å²) >= 11 is 0. The number of unbranched alkanes of at least 4 members (excludes halogenated alkanes) is 1. The Kier molecular flexibility index (Phi) is 5.38. The molecule has 2 N–H and O–H groups in total. The summed E-state index contributed by atoms with van der Waals surface area (Å²) in [6, 6.07) is 7.42. The molecule has 0 saturated carbocycles. The minimum Gasteiger partial charge on any atom is -0.360 e. The van der Waals surface area contributed by atoms with E-state index in [1.54, 1.807) is 19.1 Å². The average Bonchev–Trinajstić information content (AvgIpc) is 2.90. The number of carbonyl (C=O) groups excluding carboxylic acids is 1. The second-order valence-electron chi connectivity index (χ2n) is 5.10. The first kappa shape index (κ1) is 17.0. The standard InChI is InChI=1S/C15H19N3O4S/c1-3-4-5-15(19)16-12-6-8-13(9-7-12)23(20,21)18-14-10-11(2)22-17-14/h6-10H,3-5H2,1-2H3,(H,16,19)(H,17,18). The number of hydrogen-bond donors (Lipinski definition) is 2. The van der Waals surface area contributed by atoms with Crippen molar-refractivity contribution in [3.05, 3.63) is 36.1 Å². The first-order valence-electron chi connectivity index (χ1n) is 7.27. The van der Waals surface area contributed by atoms with Crippen molar-refractivity contribution in [3.8, 4) is 0 Å². The van der Waals surface area contributed by atoms with Crippen LogP contribution in [0.25, 0.3) is 0 Å². The Bertz CT molecular complexity index is 766. The zero-order valence-corrected chi connectivity index (χ0v) is 13.8. The molecule has 0 aliphatic heterocycles.